The van der Waals surface area contributed by atoms with Crippen molar-refractivity contribution in [2.45, 2.75) is 52.4 Å². The zero-order valence-corrected chi connectivity index (χ0v) is 12.4. The maximum absolute atomic E-state index is 8.62. The van der Waals surface area contributed by atoms with E-state index in [9.17, 15) is 0 Å². The maximum atomic E-state index is 8.62. The van der Waals surface area contributed by atoms with Gasteiger partial charge in [0.1, 0.15) is 0 Å². The molecule has 0 aromatic heterocycles. The molecule has 2 heteroatoms. The van der Waals surface area contributed by atoms with Gasteiger partial charge in [-0.05, 0) is 12.3 Å². The summed E-state index contributed by atoms with van der Waals surface area (Å²) in [4.78, 5) is 0. The highest BCUT2D eigenvalue weighted by Gasteiger charge is 2.11. The van der Waals surface area contributed by atoms with Crippen molar-refractivity contribution in [1.82, 2.24) is 0 Å². The Morgan fingerprint density at radius 1 is 0.938 bits per heavy atom. The largest absolute Gasteiger partial charge is 0.396 e. The minimum absolute atomic E-state index is 0.394. The van der Waals surface area contributed by atoms with Gasteiger partial charge in [0.25, 0.3) is 0 Å². The molecule has 0 amide bonds. The van der Waals surface area contributed by atoms with Crippen LogP contribution in [0.2, 0.25) is 0 Å². The average molecular weight is 232 g/mol. The van der Waals surface area contributed by atoms with Crippen molar-refractivity contribution in [3.05, 3.63) is 0 Å². The first kappa shape index (κ1) is 18.3. The van der Waals surface area contributed by atoms with E-state index in [4.69, 9.17) is 5.11 Å². The van der Waals surface area contributed by atoms with Crippen LogP contribution in [0.25, 0.3) is 0 Å². The van der Waals surface area contributed by atoms with Crippen LogP contribution < -0.4 is 0 Å². The molecule has 1 rings (SSSR count). The summed E-state index contributed by atoms with van der Waals surface area (Å²) in [6.45, 7) is 4.39. The summed E-state index contributed by atoms with van der Waals surface area (Å²) < 4.78 is 1.00. The van der Waals surface area contributed by atoms with Crippen molar-refractivity contribution in [2.24, 2.45) is 5.92 Å². The summed E-state index contributed by atoms with van der Waals surface area (Å²) in [5.41, 5.74) is 0. The second-order valence-electron chi connectivity index (χ2n) is 5.70. The number of quaternary nitrogens is 1. The van der Waals surface area contributed by atoms with Gasteiger partial charge in [-0.1, -0.05) is 46.0 Å². The highest BCUT2D eigenvalue weighted by molar-refractivity contribution is 4.64. The van der Waals surface area contributed by atoms with E-state index in [0.717, 1.165) is 16.8 Å². The van der Waals surface area contributed by atoms with Crippen LogP contribution in [0.4, 0.5) is 0 Å². The van der Waals surface area contributed by atoms with E-state index in [1.54, 1.807) is 0 Å². The van der Waals surface area contributed by atoms with Gasteiger partial charge in [-0.3, -0.25) is 0 Å². The summed E-state index contributed by atoms with van der Waals surface area (Å²) >= 11 is 0. The van der Waals surface area contributed by atoms with Crippen LogP contribution in [0.3, 0.4) is 0 Å². The Morgan fingerprint density at radius 3 is 1.62 bits per heavy atom. The summed E-state index contributed by atoms with van der Waals surface area (Å²) in [7, 11) is 8.50. The van der Waals surface area contributed by atoms with Crippen LogP contribution in [0.15, 0.2) is 0 Å². The second kappa shape index (κ2) is 11.4. The number of hydrogen-bond acceptors (Lipinski definition) is 1. The molecule has 1 aliphatic carbocycles. The first-order valence-corrected chi connectivity index (χ1v) is 6.83. The van der Waals surface area contributed by atoms with Crippen LogP contribution in [-0.4, -0.2) is 44.4 Å². The summed E-state index contributed by atoms with van der Waals surface area (Å²) in [5.74, 6) is 0.851. The molecule has 1 fully saturated rings. The third-order valence-corrected chi connectivity index (χ3v) is 2.26. The molecule has 0 atom stereocenters. The average Bonchev–Trinajstić information content (AvgIpc) is 2.20. The predicted molar refractivity (Wildman–Crippen MR) is 73.6 cm³/mol. The molecule has 0 heterocycles. The zero-order valence-electron chi connectivity index (χ0n) is 12.4. The van der Waals surface area contributed by atoms with Crippen LogP contribution in [0.5, 0.6) is 0 Å². The van der Waals surface area contributed by atoms with Crippen molar-refractivity contribution in [3.8, 4) is 0 Å². The lowest BCUT2D eigenvalue weighted by Gasteiger charge is -2.19. The fraction of sp³-hybridized carbons (Fsp3) is 1.00. The fourth-order valence-electron chi connectivity index (χ4n) is 1.66. The van der Waals surface area contributed by atoms with Crippen LogP contribution in [0, 0.1) is 5.92 Å². The van der Waals surface area contributed by atoms with Crippen molar-refractivity contribution in [2.75, 3.05) is 34.8 Å². The molecule has 100 valence electrons. The summed E-state index contributed by atoms with van der Waals surface area (Å²) in [5, 5.41) is 8.62. The summed E-state index contributed by atoms with van der Waals surface area (Å²) in [6, 6.07) is 0. The van der Waals surface area contributed by atoms with Gasteiger partial charge in [-0.15, -0.1) is 0 Å². The minimum Gasteiger partial charge on any atom is -0.396 e. The molecule has 2 nitrogen and oxygen atoms in total. The highest BCUT2D eigenvalue weighted by Crippen LogP contribution is 2.25. The van der Waals surface area contributed by atoms with E-state index in [-0.39, 0.29) is 0 Å². The van der Waals surface area contributed by atoms with Gasteiger partial charge < -0.3 is 9.59 Å². The quantitative estimate of drug-likeness (QED) is 0.724. The van der Waals surface area contributed by atoms with E-state index in [1.165, 1.54) is 32.1 Å². The van der Waals surface area contributed by atoms with Crippen LogP contribution in [0.1, 0.15) is 52.4 Å². The molecule has 0 spiro atoms. The predicted octanol–water partition coefficient (Wildman–Crippen LogP) is 3.30. The SMILES string of the molecule is CC.C[N+](C)(C)C.OCCC1CCCCC1. The van der Waals surface area contributed by atoms with E-state index in [0.29, 0.717) is 6.61 Å². The lowest BCUT2D eigenvalue weighted by atomic mass is 9.87. The number of aliphatic hydroxyl groups is 1. The van der Waals surface area contributed by atoms with Gasteiger partial charge in [0.05, 0.1) is 28.2 Å². The van der Waals surface area contributed by atoms with Gasteiger partial charge >= 0.3 is 0 Å². The molecule has 16 heavy (non-hydrogen) atoms. The van der Waals surface area contributed by atoms with E-state index in [2.05, 4.69) is 28.2 Å². The van der Waals surface area contributed by atoms with Gasteiger partial charge in [-0.25, -0.2) is 0 Å². The van der Waals surface area contributed by atoms with Gasteiger partial charge in [-0.2, -0.15) is 0 Å². The normalized spacial score (nSPS) is 16.7. The number of nitrogens with zero attached hydrogens (tertiary/aromatic N) is 1. The van der Waals surface area contributed by atoms with Gasteiger partial charge in [0, 0.05) is 6.61 Å². The number of aliphatic hydroxyl groups excluding tert-OH is 1. The Bertz CT molecular complexity index is 114. The third kappa shape index (κ3) is 19.5. The molecule has 1 N–H and O–H groups in total. The third-order valence-electron chi connectivity index (χ3n) is 2.26. The van der Waals surface area contributed by atoms with Crippen molar-refractivity contribution in [3.63, 3.8) is 0 Å². The maximum Gasteiger partial charge on any atom is 0.0675 e. The minimum atomic E-state index is 0.394. The van der Waals surface area contributed by atoms with E-state index < -0.39 is 0 Å². The molecule has 0 aromatic rings. The Hall–Kier alpha value is -0.0800. The van der Waals surface area contributed by atoms with E-state index in [1.807, 2.05) is 13.8 Å². The molecule has 0 bridgehead atoms. The Kier molecular flexibility index (Phi) is 13.0. The molecular formula is C14H34NO+. The smallest absolute Gasteiger partial charge is 0.0675 e. The molecule has 0 radical (unpaired) electrons. The highest BCUT2D eigenvalue weighted by atomic mass is 16.3. The van der Waals surface area contributed by atoms with Crippen molar-refractivity contribution >= 4 is 0 Å². The number of hydrogen-bond donors (Lipinski definition) is 1. The standard InChI is InChI=1S/C8H16O.C4H12N.C2H6/c9-7-6-8-4-2-1-3-5-8;1-5(2,3)4;1-2/h8-9H,1-7H2;1-4H3;1-2H3/q;+1;. The molecule has 0 aromatic carbocycles. The first-order chi connectivity index (χ1) is 7.43. The molecule has 0 aliphatic heterocycles. The molecular weight excluding hydrogens is 198 g/mol. The topological polar surface area (TPSA) is 20.2 Å². The zero-order chi connectivity index (χ0) is 13.0. The lowest BCUT2D eigenvalue weighted by molar-refractivity contribution is -0.849. The Balaban J connectivity index is 0. The Morgan fingerprint density at radius 2 is 1.31 bits per heavy atom. The second-order valence-corrected chi connectivity index (χ2v) is 5.70. The Labute approximate surface area is 103 Å². The monoisotopic (exact) mass is 232 g/mol. The van der Waals surface area contributed by atoms with Crippen molar-refractivity contribution in [1.29, 1.82) is 0 Å². The van der Waals surface area contributed by atoms with Crippen LogP contribution >= 0.6 is 0 Å². The lowest BCUT2D eigenvalue weighted by Crippen LogP contribution is -2.27. The first-order valence-electron chi connectivity index (χ1n) is 6.83. The van der Waals surface area contributed by atoms with Crippen molar-refractivity contribution < 1.29 is 9.59 Å². The van der Waals surface area contributed by atoms with E-state index >= 15 is 0 Å². The molecule has 1 saturated carbocycles. The van der Waals surface area contributed by atoms with Crippen LogP contribution in [-0.2, 0) is 0 Å². The fourth-order valence-corrected chi connectivity index (χ4v) is 1.66. The molecule has 0 unspecified atom stereocenters. The molecule has 0 saturated heterocycles. The molecule has 1 aliphatic rings. The van der Waals surface area contributed by atoms with Gasteiger partial charge in [0.15, 0.2) is 0 Å². The number of rotatable bonds is 2. The summed E-state index contributed by atoms with van der Waals surface area (Å²) in [6.07, 6.45) is 7.97. The van der Waals surface area contributed by atoms with Gasteiger partial charge in [0.2, 0.25) is 0 Å².